The first-order valence-electron chi connectivity index (χ1n) is 9.59. The smallest absolute Gasteiger partial charge is 0.294 e. The number of rotatable bonds is 3. The van der Waals surface area contributed by atoms with Gasteiger partial charge in [0.25, 0.3) is 5.91 Å². The number of imidazole rings is 1. The van der Waals surface area contributed by atoms with Gasteiger partial charge in [0.15, 0.2) is 5.76 Å². The Bertz CT molecular complexity index is 1320. The summed E-state index contributed by atoms with van der Waals surface area (Å²) >= 11 is 0. The van der Waals surface area contributed by atoms with Crippen molar-refractivity contribution in [2.45, 2.75) is 13.0 Å². The van der Waals surface area contributed by atoms with Crippen LogP contribution in [0.25, 0.3) is 16.6 Å². The number of aryl methyl sites for hydroxylation is 1. The van der Waals surface area contributed by atoms with Crippen LogP contribution in [0, 0.1) is 6.92 Å². The van der Waals surface area contributed by atoms with E-state index >= 15 is 0 Å². The van der Waals surface area contributed by atoms with Gasteiger partial charge in [-0.1, -0.05) is 42.0 Å². The molecule has 0 spiro atoms. The number of aliphatic hydroxyl groups excluding tert-OH is 1. The minimum absolute atomic E-state index is 0.0700. The van der Waals surface area contributed by atoms with Crippen molar-refractivity contribution < 1.29 is 15.0 Å². The number of aromatic nitrogens is 2. The van der Waals surface area contributed by atoms with E-state index in [4.69, 9.17) is 0 Å². The van der Waals surface area contributed by atoms with Crippen LogP contribution >= 0.6 is 0 Å². The van der Waals surface area contributed by atoms with Crippen LogP contribution < -0.4 is 4.90 Å². The molecule has 1 aliphatic heterocycles. The summed E-state index contributed by atoms with van der Waals surface area (Å²) in [6.45, 7) is 1.98. The van der Waals surface area contributed by atoms with E-state index in [0.29, 0.717) is 16.8 Å². The molecule has 0 fully saturated rings. The highest BCUT2D eigenvalue weighted by Gasteiger charge is 2.42. The van der Waals surface area contributed by atoms with E-state index in [1.165, 1.54) is 0 Å². The third-order valence-corrected chi connectivity index (χ3v) is 5.41. The molecule has 6 heteroatoms. The van der Waals surface area contributed by atoms with Crippen molar-refractivity contribution in [3.63, 3.8) is 0 Å². The molecule has 5 rings (SSSR count). The topological polar surface area (TPSA) is 89.4 Å². The molecule has 0 saturated heterocycles. The average molecular weight is 397 g/mol. The molecule has 6 nitrogen and oxygen atoms in total. The maximum Gasteiger partial charge on any atom is 0.294 e. The van der Waals surface area contributed by atoms with Crippen molar-refractivity contribution in [1.29, 1.82) is 0 Å². The molecule has 0 radical (unpaired) electrons. The molecule has 1 aromatic heterocycles. The summed E-state index contributed by atoms with van der Waals surface area (Å²) < 4.78 is 0. The van der Waals surface area contributed by atoms with E-state index in [0.717, 1.165) is 22.2 Å². The second-order valence-corrected chi connectivity index (χ2v) is 7.41. The summed E-state index contributed by atoms with van der Waals surface area (Å²) in [5, 5.41) is 20.9. The molecular weight excluding hydrogens is 378 g/mol. The Balaban J connectivity index is 1.73. The van der Waals surface area contributed by atoms with Crippen molar-refractivity contribution in [3.05, 3.63) is 95.5 Å². The number of hydrogen-bond donors (Lipinski definition) is 3. The van der Waals surface area contributed by atoms with Gasteiger partial charge in [0.05, 0.1) is 23.4 Å². The Labute approximate surface area is 172 Å². The van der Waals surface area contributed by atoms with E-state index in [9.17, 15) is 15.0 Å². The molecule has 3 aromatic carbocycles. The second-order valence-electron chi connectivity index (χ2n) is 7.41. The first kappa shape index (κ1) is 18.0. The van der Waals surface area contributed by atoms with Gasteiger partial charge in [-0.15, -0.1) is 0 Å². The van der Waals surface area contributed by atoms with Crippen molar-refractivity contribution >= 4 is 28.2 Å². The lowest BCUT2D eigenvalue weighted by molar-refractivity contribution is -0.117. The zero-order valence-electron chi connectivity index (χ0n) is 16.2. The number of aromatic amines is 1. The minimum Gasteiger partial charge on any atom is -0.508 e. The predicted octanol–water partition coefficient (Wildman–Crippen LogP) is 4.63. The molecule has 1 aliphatic rings. The Kier molecular flexibility index (Phi) is 4.06. The quantitative estimate of drug-likeness (QED) is 0.470. The van der Waals surface area contributed by atoms with Crippen molar-refractivity contribution in [2.24, 2.45) is 0 Å². The fourth-order valence-corrected chi connectivity index (χ4v) is 4.07. The number of carbonyl (C=O) groups excluding carboxylic acids is 1. The number of carbonyl (C=O) groups is 1. The number of hydrogen-bond acceptors (Lipinski definition) is 4. The lowest BCUT2D eigenvalue weighted by Crippen LogP contribution is -2.30. The summed E-state index contributed by atoms with van der Waals surface area (Å²) in [6.07, 6.45) is 1.60. The number of fused-ring (bicyclic) bond motifs is 1. The Morgan fingerprint density at radius 3 is 2.63 bits per heavy atom. The standard InChI is InChI=1S/C24H19N3O3/c1-14-4-2-6-16(10-14)22-21(15-5-3-7-18(28)11-15)23(29)24(30)27(22)17-8-9-19-20(12-17)26-13-25-19/h2-13,22,28-29H,1H3,(H,25,26). The molecular formula is C24H19N3O3. The first-order chi connectivity index (χ1) is 14.5. The summed E-state index contributed by atoms with van der Waals surface area (Å²) in [6, 6.07) is 19.4. The number of benzene rings is 3. The highest BCUT2D eigenvalue weighted by atomic mass is 16.3. The highest BCUT2D eigenvalue weighted by Crippen LogP contribution is 2.46. The van der Waals surface area contributed by atoms with E-state index in [1.54, 1.807) is 35.5 Å². The van der Waals surface area contributed by atoms with E-state index in [-0.39, 0.29) is 11.5 Å². The molecule has 3 N–H and O–H groups in total. The molecule has 2 heterocycles. The highest BCUT2D eigenvalue weighted by molar-refractivity contribution is 6.16. The third-order valence-electron chi connectivity index (χ3n) is 5.41. The van der Waals surface area contributed by atoms with Gasteiger partial charge in [-0.3, -0.25) is 9.69 Å². The van der Waals surface area contributed by atoms with Crippen molar-refractivity contribution in [2.75, 3.05) is 4.90 Å². The van der Waals surface area contributed by atoms with Gasteiger partial charge >= 0.3 is 0 Å². The molecule has 30 heavy (non-hydrogen) atoms. The average Bonchev–Trinajstić information content (AvgIpc) is 3.30. The summed E-state index contributed by atoms with van der Waals surface area (Å²) in [4.78, 5) is 22.1. The molecule has 0 aliphatic carbocycles. The van der Waals surface area contributed by atoms with E-state index in [1.807, 2.05) is 49.4 Å². The Morgan fingerprint density at radius 1 is 1.00 bits per heavy atom. The first-order valence-corrected chi connectivity index (χ1v) is 9.59. The number of nitrogens with one attached hydrogen (secondary N) is 1. The molecule has 4 aromatic rings. The van der Waals surface area contributed by atoms with Crippen LogP contribution in [0.5, 0.6) is 5.75 Å². The van der Waals surface area contributed by atoms with Crippen molar-refractivity contribution in [1.82, 2.24) is 9.97 Å². The van der Waals surface area contributed by atoms with Gasteiger partial charge in [0, 0.05) is 11.3 Å². The Morgan fingerprint density at radius 2 is 1.83 bits per heavy atom. The number of anilines is 1. The Hall–Kier alpha value is -4.06. The van der Waals surface area contributed by atoms with Gasteiger partial charge in [-0.05, 0) is 48.4 Å². The van der Waals surface area contributed by atoms with Gasteiger partial charge < -0.3 is 15.2 Å². The van der Waals surface area contributed by atoms with Crippen LogP contribution in [0.15, 0.2) is 78.8 Å². The van der Waals surface area contributed by atoms with Crippen LogP contribution in [0.4, 0.5) is 5.69 Å². The lowest BCUT2D eigenvalue weighted by Gasteiger charge is -2.28. The number of phenolic OH excluding ortho intramolecular Hbond substituents is 1. The van der Waals surface area contributed by atoms with Gasteiger partial charge in [0.1, 0.15) is 5.75 Å². The van der Waals surface area contributed by atoms with Crippen LogP contribution in [0.2, 0.25) is 0 Å². The zero-order chi connectivity index (χ0) is 20.8. The minimum atomic E-state index is -0.542. The van der Waals surface area contributed by atoms with Crippen LogP contribution in [-0.2, 0) is 4.79 Å². The number of H-pyrrole nitrogens is 1. The van der Waals surface area contributed by atoms with Gasteiger partial charge in [-0.25, -0.2) is 4.98 Å². The number of aromatic hydroxyl groups is 1. The zero-order valence-corrected chi connectivity index (χ0v) is 16.2. The summed E-state index contributed by atoms with van der Waals surface area (Å²) in [5.74, 6) is -0.740. The van der Waals surface area contributed by atoms with Crippen molar-refractivity contribution in [3.8, 4) is 5.75 Å². The molecule has 1 unspecified atom stereocenters. The van der Waals surface area contributed by atoms with Crippen LogP contribution in [0.1, 0.15) is 22.7 Å². The number of phenols is 1. The van der Waals surface area contributed by atoms with E-state index < -0.39 is 11.9 Å². The SMILES string of the molecule is Cc1cccc(C2C(c3cccc(O)c3)=C(O)C(=O)N2c2ccc3nc[nH]c3c2)c1. The number of amides is 1. The molecule has 1 atom stereocenters. The van der Waals surface area contributed by atoms with Crippen LogP contribution in [-0.4, -0.2) is 26.1 Å². The van der Waals surface area contributed by atoms with Gasteiger partial charge in [-0.2, -0.15) is 0 Å². The molecule has 0 saturated carbocycles. The molecule has 148 valence electrons. The monoisotopic (exact) mass is 397 g/mol. The summed E-state index contributed by atoms with van der Waals surface area (Å²) in [7, 11) is 0. The maximum absolute atomic E-state index is 13.2. The second kappa shape index (κ2) is 6.77. The molecule has 0 bridgehead atoms. The maximum atomic E-state index is 13.2. The van der Waals surface area contributed by atoms with E-state index in [2.05, 4.69) is 9.97 Å². The summed E-state index contributed by atoms with van der Waals surface area (Å²) in [5.41, 5.74) is 5.21. The number of aliphatic hydroxyl groups is 1. The largest absolute Gasteiger partial charge is 0.508 e. The van der Waals surface area contributed by atoms with Gasteiger partial charge in [0.2, 0.25) is 0 Å². The lowest BCUT2D eigenvalue weighted by atomic mass is 9.92. The number of nitrogens with zero attached hydrogens (tertiary/aromatic N) is 2. The normalized spacial score (nSPS) is 16.6. The van der Waals surface area contributed by atoms with Crippen LogP contribution in [0.3, 0.4) is 0 Å². The molecule has 1 amide bonds. The predicted molar refractivity (Wildman–Crippen MR) is 115 cm³/mol. The third kappa shape index (κ3) is 2.81. The fraction of sp³-hybridized carbons (Fsp3) is 0.0833. The fourth-order valence-electron chi connectivity index (χ4n) is 4.07.